The largest absolute Gasteiger partial charge is 0.387 e. The van der Waals surface area contributed by atoms with E-state index in [0.29, 0.717) is 41.9 Å². The number of Topliss-reactive ketones (excluding diaryl/α,β-unsaturated/α-hetero) is 1. The summed E-state index contributed by atoms with van der Waals surface area (Å²) in [5, 5.41) is 17.0. The molecule has 71 heavy (non-hydrogen) atoms. The van der Waals surface area contributed by atoms with Gasteiger partial charge in [-0.3, -0.25) is 18.5 Å². The van der Waals surface area contributed by atoms with Gasteiger partial charge < -0.3 is 30.2 Å². The zero-order chi connectivity index (χ0) is 55.4. The second kappa shape index (κ2) is 40.9. The van der Waals surface area contributed by atoms with Crippen molar-refractivity contribution >= 4 is 33.2 Å². The molecule has 3 aliphatic rings. The molecule has 3 N–H and O–H groups in total. The first kappa shape index (κ1) is 71.7. The SMILES string of the molecule is C=C(C)NC(C)C.C=S(=O)(C(C)C)N(C)C.CC(=O)CC(C)C.CC(C)C(=O)NC1CCC1.CC(C)C(=O)NC1CCCC1.CC(C)CN1CCCCC1.CC(C)n1cccn1.Cc1nc(C(C)C)no1. The molecule has 0 radical (unpaired) electrons. The highest BCUT2D eigenvalue weighted by atomic mass is 32.2. The van der Waals surface area contributed by atoms with Crippen molar-refractivity contribution in [3.8, 4) is 0 Å². The van der Waals surface area contributed by atoms with Crippen molar-refractivity contribution < 1.29 is 23.1 Å². The molecule has 3 heterocycles. The lowest BCUT2D eigenvalue weighted by atomic mass is 9.93. The summed E-state index contributed by atoms with van der Waals surface area (Å²) in [6.45, 7) is 45.7. The number of ketones is 1. The van der Waals surface area contributed by atoms with Gasteiger partial charge in [-0.2, -0.15) is 10.1 Å². The first-order valence-corrected chi connectivity index (χ1v) is 28.7. The number of nitrogens with one attached hydrogen (secondary N) is 3. The van der Waals surface area contributed by atoms with Crippen molar-refractivity contribution in [1.29, 1.82) is 0 Å². The maximum Gasteiger partial charge on any atom is 0.223 e. The second-order valence-corrected chi connectivity index (χ2v) is 25.1. The number of carbonyl (C=O) groups excluding carboxylic acids is 3. The minimum Gasteiger partial charge on any atom is -0.387 e. The molecule has 2 saturated carbocycles. The topological polar surface area (TPSA) is 168 Å². The fraction of sp³-hybridized carbons (Fsp3) is 0.804. The molecule has 2 amide bonds. The van der Waals surface area contributed by atoms with Crippen molar-refractivity contribution in [3.63, 3.8) is 0 Å². The van der Waals surface area contributed by atoms with Crippen molar-refractivity contribution in [3.05, 3.63) is 42.5 Å². The molecule has 0 spiro atoms. The highest BCUT2D eigenvalue weighted by Gasteiger charge is 2.20. The van der Waals surface area contributed by atoms with E-state index >= 15 is 0 Å². The van der Waals surface area contributed by atoms with Crippen LogP contribution in [-0.4, -0.2) is 114 Å². The van der Waals surface area contributed by atoms with E-state index in [1.165, 1.54) is 83.8 Å². The molecule has 1 unspecified atom stereocenters. The van der Waals surface area contributed by atoms with Gasteiger partial charge >= 0.3 is 0 Å². The maximum atomic E-state index is 11.4. The van der Waals surface area contributed by atoms with E-state index in [1.807, 2.05) is 93.1 Å². The van der Waals surface area contributed by atoms with Crippen LogP contribution in [0.2, 0.25) is 0 Å². The van der Waals surface area contributed by atoms with E-state index < -0.39 is 9.71 Å². The Bertz CT molecular complexity index is 1700. The Morgan fingerprint density at radius 2 is 1.24 bits per heavy atom. The molecule has 15 heteroatoms. The number of nitrogens with zero attached hydrogens (tertiary/aromatic N) is 6. The first-order chi connectivity index (χ1) is 32.8. The van der Waals surface area contributed by atoms with Crippen LogP contribution in [0.5, 0.6) is 0 Å². The normalized spacial score (nSPS) is 15.4. The Kier molecular flexibility index (Phi) is 41.3. The van der Waals surface area contributed by atoms with Crippen molar-refractivity contribution in [1.82, 2.24) is 45.1 Å². The molecule has 5 rings (SSSR count). The van der Waals surface area contributed by atoms with Crippen LogP contribution in [0, 0.1) is 30.6 Å². The quantitative estimate of drug-likeness (QED) is 0.155. The summed E-state index contributed by atoms with van der Waals surface area (Å²) < 4.78 is 19.8. The second-order valence-electron chi connectivity index (χ2n) is 22.0. The van der Waals surface area contributed by atoms with Gasteiger partial charge in [-0.25, -0.2) is 4.31 Å². The van der Waals surface area contributed by atoms with Gasteiger partial charge in [0.1, 0.15) is 5.78 Å². The number of aryl methyl sites for hydroxylation is 1. The molecule has 3 fully saturated rings. The van der Waals surface area contributed by atoms with E-state index in [0.717, 1.165) is 23.9 Å². The van der Waals surface area contributed by atoms with Crippen LogP contribution in [0.25, 0.3) is 0 Å². The fourth-order valence-corrected chi connectivity index (χ4v) is 7.49. The van der Waals surface area contributed by atoms with Gasteiger partial charge in [0, 0.05) is 94.9 Å². The van der Waals surface area contributed by atoms with Gasteiger partial charge in [0.25, 0.3) is 0 Å². The van der Waals surface area contributed by atoms with Gasteiger partial charge in [0.15, 0.2) is 5.82 Å². The highest BCUT2D eigenvalue weighted by molar-refractivity contribution is 7.98. The fourth-order valence-electron chi connectivity index (χ4n) is 6.64. The van der Waals surface area contributed by atoms with E-state index in [2.05, 4.69) is 90.1 Å². The van der Waals surface area contributed by atoms with Gasteiger partial charge in [-0.15, -0.1) is 0 Å². The molecule has 2 aromatic rings. The predicted molar refractivity (Wildman–Crippen MR) is 304 cm³/mol. The summed E-state index contributed by atoms with van der Waals surface area (Å²) in [4.78, 5) is 39.1. The van der Waals surface area contributed by atoms with E-state index in [4.69, 9.17) is 4.52 Å². The molecule has 2 aromatic heterocycles. The lowest BCUT2D eigenvalue weighted by Crippen LogP contribution is -2.41. The van der Waals surface area contributed by atoms with Crippen LogP contribution in [0.4, 0.5) is 0 Å². The van der Waals surface area contributed by atoms with Crippen molar-refractivity contribution in [2.45, 2.75) is 238 Å². The number of rotatable bonds is 14. The van der Waals surface area contributed by atoms with Crippen LogP contribution in [-0.2, 0) is 24.1 Å². The number of hydrogen-bond acceptors (Lipinski definition) is 10. The Hall–Kier alpha value is -3.56. The summed E-state index contributed by atoms with van der Waals surface area (Å²) in [5.74, 6) is 7.74. The summed E-state index contributed by atoms with van der Waals surface area (Å²) >= 11 is 0. The number of amides is 2. The van der Waals surface area contributed by atoms with Crippen molar-refractivity contribution in [2.24, 2.45) is 23.7 Å². The molecule has 416 valence electrons. The molecule has 0 aromatic carbocycles. The van der Waals surface area contributed by atoms with Crippen molar-refractivity contribution in [2.75, 3.05) is 33.7 Å². The number of likely N-dealkylation sites (tertiary alicyclic amines) is 1. The molecule has 1 atom stereocenters. The Balaban J connectivity index is -0.000000748. The summed E-state index contributed by atoms with van der Waals surface area (Å²) in [6.07, 6.45) is 17.3. The van der Waals surface area contributed by atoms with Crippen LogP contribution in [0.1, 0.15) is 219 Å². The zero-order valence-corrected chi connectivity index (χ0v) is 50.3. The third-order valence-electron chi connectivity index (χ3n) is 11.0. The highest BCUT2D eigenvalue weighted by Crippen LogP contribution is 2.19. The van der Waals surface area contributed by atoms with Gasteiger partial charge in [0.05, 0.1) is 0 Å². The lowest BCUT2D eigenvalue weighted by molar-refractivity contribution is -0.125. The number of aromatic nitrogens is 4. The first-order valence-electron chi connectivity index (χ1n) is 26.9. The third-order valence-corrected chi connectivity index (χ3v) is 13.7. The number of allylic oxidation sites excluding steroid dienone is 1. The minimum absolute atomic E-state index is 0.132. The predicted octanol–water partition coefficient (Wildman–Crippen LogP) is 11.8. The minimum atomic E-state index is -1.98. The van der Waals surface area contributed by atoms with Gasteiger partial charge in [-0.1, -0.05) is 114 Å². The van der Waals surface area contributed by atoms with Crippen LogP contribution < -0.4 is 16.0 Å². The third kappa shape index (κ3) is 41.6. The average molecular weight is 1020 g/mol. The number of carbonyl (C=O) groups is 3. The van der Waals surface area contributed by atoms with Crippen LogP contribution in [0.3, 0.4) is 0 Å². The van der Waals surface area contributed by atoms with E-state index in [1.54, 1.807) is 38.4 Å². The molecule has 1 aliphatic heterocycles. The van der Waals surface area contributed by atoms with Gasteiger partial charge in [0.2, 0.25) is 17.7 Å². The average Bonchev–Trinajstić information content (AvgIpc) is 4.05. The van der Waals surface area contributed by atoms with E-state index in [9.17, 15) is 18.6 Å². The summed E-state index contributed by atoms with van der Waals surface area (Å²) in [5.41, 5.74) is 1.04. The molecule has 14 nitrogen and oxygen atoms in total. The zero-order valence-electron chi connectivity index (χ0n) is 49.5. The Morgan fingerprint density at radius 3 is 1.44 bits per heavy atom. The molecular formula is C56H111N9O5S. The molecule has 0 bridgehead atoms. The van der Waals surface area contributed by atoms with Crippen LogP contribution in [0.15, 0.2) is 35.3 Å². The van der Waals surface area contributed by atoms with E-state index in [-0.39, 0.29) is 34.7 Å². The standard InChI is InChI=1S/C9H17NO.C9H19N.C8H15NO.C6H10N2O.C6H10N2.C6H15NOS.C6H13N.C6H12O/c1-7(2)9(11)10-8-5-3-4-6-8;1-9(2)8-10-6-4-3-5-7-10;1-6(2)8(10)9-7-4-3-5-7;1-4(2)6-7-5(3)9-8-6;1-6(2)8-5-3-4-7-8;1-6(2)9(5,8)7(3)4;1-5(2)7-6(3)4;1-5(2)4-6(3)7/h7-8H,3-6H2,1-2H3,(H,10,11);9H,3-8H2,1-2H3;6-7H,3-5H2,1-2H3,(H,9,10);4H,1-3H3;3-6H,1-2H3;6H,5H2,1-4H3;6-7H,1H2,2-4H3;5H,4H2,1-3H3. The molecular weight excluding hydrogens is 911 g/mol. The lowest BCUT2D eigenvalue weighted by Gasteiger charge is -2.27. The summed E-state index contributed by atoms with van der Waals surface area (Å²) in [7, 11) is 1.59. The molecule has 1 saturated heterocycles. The summed E-state index contributed by atoms with van der Waals surface area (Å²) in [6, 6.07) is 3.92. The van der Waals surface area contributed by atoms with Gasteiger partial charge in [-0.05, 0) is 137 Å². The monoisotopic (exact) mass is 1020 g/mol. The maximum absolute atomic E-state index is 11.4. The van der Waals surface area contributed by atoms with Crippen LogP contribution >= 0.6 is 0 Å². The number of hydrogen-bond donors (Lipinski definition) is 3. The smallest absolute Gasteiger partial charge is 0.223 e. The number of piperidine rings is 1. The molecule has 2 aliphatic carbocycles. The Labute approximate surface area is 437 Å². The Morgan fingerprint density at radius 1 is 0.761 bits per heavy atom.